The molecular weight excluding hydrogens is 282 g/mol. The van der Waals surface area contributed by atoms with Gasteiger partial charge in [-0.25, -0.2) is 0 Å². The van der Waals surface area contributed by atoms with Crippen LogP contribution in [0.15, 0.2) is 22.7 Å². The third-order valence-corrected chi connectivity index (χ3v) is 2.77. The first-order valence-corrected chi connectivity index (χ1v) is 6.37. The van der Waals surface area contributed by atoms with Gasteiger partial charge in [-0.15, -0.1) is 0 Å². The Labute approximate surface area is 112 Å². The van der Waals surface area contributed by atoms with Crippen molar-refractivity contribution in [2.75, 3.05) is 13.9 Å². The van der Waals surface area contributed by atoms with E-state index in [1.54, 1.807) is 7.11 Å². The monoisotopic (exact) mass is 301 g/mol. The molecule has 0 unspecified atom stereocenters. The van der Waals surface area contributed by atoms with E-state index < -0.39 is 0 Å². The van der Waals surface area contributed by atoms with Gasteiger partial charge in [-0.3, -0.25) is 0 Å². The third kappa shape index (κ3) is 5.52. The van der Waals surface area contributed by atoms with Crippen molar-refractivity contribution in [3.05, 3.63) is 28.2 Å². The van der Waals surface area contributed by atoms with E-state index in [2.05, 4.69) is 54.2 Å². The highest BCUT2D eigenvalue weighted by Crippen LogP contribution is 2.26. The first kappa shape index (κ1) is 14.5. The number of rotatable bonds is 5. The molecule has 17 heavy (non-hydrogen) atoms. The highest BCUT2D eigenvalue weighted by molar-refractivity contribution is 9.10. The summed E-state index contributed by atoms with van der Waals surface area (Å²) in [5.41, 5.74) is 1.34. The quantitative estimate of drug-likeness (QED) is 0.846. The summed E-state index contributed by atoms with van der Waals surface area (Å²) in [7, 11) is 1.61. The fourth-order valence-corrected chi connectivity index (χ4v) is 1.80. The van der Waals surface area contributed by atoms with E-state index in [0.29, 0.717) is 0 Å². The minimum absolute atomic E-state index is 0.123. The lowest BCUT2D eigenvalue weighted by Crippen LogP contribution is -2.35. The molecule has 0 aliphatic rings. The van der Waals surface area contributed by atoms with Crippen LogP contribution < -0.4 is 10.1 Å². The summed E-state index contributed by atoms with van der Waals surface area (Å²) in [5, 5.41) is 3.44. The lowest BCUT2D eigenvalue weighted by molar-refractivity contribution is 0.0506. The van der Waals surface area contributed by atoms with Gasteiger partial charge < -0.3 is 14.8 Å². The van der Waals surface area contributed by atoms with Gasteiger partial charge in [0.05, 0.1) is 4.47 Å². The van der Waals surface area contributed by atoms with Crippen LogP contribution in [-0.4, -0.2) is 19.4 Å². The van der Waals surface area contributed by atoms with Crippen molar-refractivity contribution in [1.82, 2.24) is 5.32 Å². The normalized spacial score (nSPS) is 11.6. The van der Waals surface area contributed by atoms with Crippen LogP contribution in [0, 0.1) is 0 Å². The van der Waals surface area contributed by atoms with Gasteiger partial charge in [0.25, 0.3) is 0 Å². The molecule has 4 heteroatoms. The fraction of sp³-hybridized carbons (Fsp3) is 0.538. The van der Waals surface area contributed by atoms with Gasteiger partial charge in [0.15, 0.2) is 6.79 Å². The Morgan fingerprint density at radius 3 is 2.53 bits per heavy atom. The topological polar surface area (TPSA) is 30.5 Å². The number of nitrogens with one attached hydrogen (secondary N) is 1. The Morgan fingerprint density at radius 1 is 1.29 bits per heavy atom. The predicted octanol–water partition coefficient (Wildman–Crippen LogP) is 3.32. The summed E-state index contributed by atoms with van der Waals surface area (Å²) >= 11 is 3.49. The van der Waals surface area contributed by atoms with Crippen LogP contribution in [0.1, 0.15) is 26.3 Å². The fourth-order valence-electron chi connectivity index (χ4n) is 1.26. The Hall–Kier alpha value is -0.580. The standard InChI is InChI=1S/C13H20BrNO2/c1-13(2,3)15-8-10-5-6-12(11(14)7-10)17-9-16-4/h5-7,15H,8-9H2,1-4H3. The summed E-state index contributed by atoms with van der Waals surface area (Å²) in [6.07, 6.45) is 0. The SMILES string of the molecule is COCOc1ccc(CNC(C)(C)C)cc1Br. The maximum atomic E-state index is 5.40. The summed E-state index contributed by atoms with van der Waals surface area (Å²) < 4.78 is 11.2. The van der Waals surface area contributed by atoms with E-state index in [4.69, 9.17) is 9.47 Å². The first-order valence-electron chi connectivity index (χ1n) is 5.57. The number of methoxy groups -OCH3 is 1. The van der Waals surface area contributed by atoms with Crippen molar-refractivity contribution in [3.63, 3.8) is 0 Å². The van der Waals surface area contributed by atoms with Gasteiger partial charge in [0.1, 0.15) is 5.75 Å². The van der Waals surface area contributed by atoms with Gasteiger partial charge in [0, 0.05) is 19.2 Å². The molecule has 0 radical (unpaired) electrons. The summed E-state index contributed by atoms with van der Waals surface area (Å²) in [4.78, 5) is 0. The molecule has 0 saturated heterocycles. The van der Waals surface area contributed by atoms with Crippen LogP contribution in [0.25, 0.3) is 0 Å². The van der Waals surface area contributed by atoms with Crippen molar-refractivity contribution in [2.24, 2.45) is 0 Å². The van der Waals surface area contributed by atoms with Crippen molar-refractivity contribution in [2.45, 2.75) is 32.9 Å². The minimum atomic E-state index is 0.123. The Kier molecular flexibility index (Phi) is 5.43. The van der Waals surface area contributed by atoms with Crippen molar-refractivity contribution >= 4 is 15.9 Å². The van der Waals surface area contributed by atoms with E-state index in [-0.39, 0.29) is 12.3 Å². The van der Waals surface area contributed by atoms with Gasteiger partial charge in [-0.1, -0.05) is 6.07 Å². The van der Waals surface area contributed by atoms with Gasteiger partial charge in [0.2, 0.25) is 0 Å². The smallest absolute Gasteiger partial charge is 0.188 e. The molecule has 1 aromatic carbocycles. The molecule has 0 aliphatic heterocycles. The van der Waals surface area contributed by atoms with Crippen LogP contribution in [-0.2, 0) is 11.3 Å². The van der Waals surface area contributed by atoms with Crippen molar-refractivity contribution in [1.29, 1.82) is 0 Å². The number of hydrogen-bond donors (Lipinski definition) is 1. The molecule has 1 N–H and O–H groups in total. The second-order valence-corrected chi connectivity index (χ2v) is 5.77. The highest BCUT2D eigenvalue weighted by atomic mass is 79.9. The lowest BCUT2D eigenvalue weighted by atomic mass is 10.1. The van der Waals surface area contributed by atoms with Crippen LogP contribution in [0.4, 0.5) is 0 Å². The first-order chi connectivity index (χ1) is 7.92. The zero-order chi connectivity index (χ0) is 12.9. The molecule has 0 heterocycles. The molecular formula is C13H20BrNO2. The minimum Gasteiger partial charge on any atom is -0.466 e. The number of benzene rings is 1. The summed E-state index contributed by atoms with van der Waals surface area (Å²) in [6.45, 7) is 7.55. The van der Waals surface area contributed by atoms with E-state index in [0.717, 1.165) is 16.8 Å². The average Bonchev–Trinajstić information content (AvgIpc) is 2.24. The molecule has 0 fully saturated rings. The molecule has 1 rings (SSSR count). The van der Waals surface area contributed by atoms with Gasteiger partial charge >= 0.3 is 0 Å². The molecule has 3 nitrogen and oxygen atoms in total. The van der Waals surface area contributed by atoms with E-state index >= 15 is 0 Å². The zero-order valence-corrected chi connectivity index (χ0v) is 12.4. The molecule has 0 spiro atoms. The number of halogens is 1. The molecule has 0 atom stereocenters. The summed E-state index contributed by atoms with van der Waals surface area (Å²) in [5.74, 6) is 0.798. The Morgan fingerprint density at radius 2 is 2.00 bits per heavy atom. The van der Waals surface area contributed by atoms with Crippen LogP contribution in [0.5, 0.6) is 5.75 Å². The maximum Gasteiger partial charge on any atom is 0.188 e. The number of ether oxygens (including phenoxy) is 2. The maximum absolute atomic E-state index is 5.40. The van der Waals surface area contributed by atoms with Gasteiger partial charge in [-0.2, -0.15) is 0 Å². The predicted molar refractivity (Wildman–Crippen MR) is 73.2 cm³/mol. The number of hydrogen-bond acceptors (Lipinski definition) is 3. The Bertz CT molecular complexity index is 361. The molecule has 0 amide bonds. The summed E-state index contributed by atoms with van der Waals surface area (Å²) in [6, 6.07) is 6.06. The molecule has 0 saturated carbocycles. The molecule has 0 aromatic heterocycles. The Balaban J connectivity index is 2.62. The average molecular weight is 302 g/mol. The van der Waals surface area contributed by atoms with Gasteiger partial charge in [-0.05, 0) is 54.4 Å². The lowest BCUT2D eigenvalue weighted by Gasteiger charge is -2.20. The van der Waals surface area contributed by atoms with E-state index in [1.807, 2.05) is 6.07 Å². The highest BCUT2D eigenvalue weighted by Gasteiger charge is 2.09. The second kappa shape index (κ2) is 6.38. The van der Waals surface area contributed by atoms with Crippen LogP contribution in [0.2, 0.25) is 0 Å². The second-order valence-electron chi connectivity index (χ2n) is 4.92. The molecule has 96 valence electrons. The van der Waals surface area contributed by atoms with Crippen LogP contribution in [0.3, 0.4) is 0 Å². The van der Waals surface area contributed by atoms with E-state index in [1.165, 1.54) is 5.56 Å². The van der Waals surface area contributed by atoms with Crippen molar-refractivity contribution < 1.29 is 9.47 Å². The van der Waals surface area contributed by atoms with Crippen LogP contribution >= 0.6 is 15.9 Å². The molecule has 0 aliphatic carbocycles. The third-order valence-electron chi connectivity index (χ3n) is 2.15. The van der Waals surface area contributed by atoms with Crippen molar-refractivity contribution in [3.8, 4) is 5.75 Å². The molecule has 1 aromatic rings. The van der Waals surface area contributed by atoms with E-state index in [9.17, 15) is 0 Å². The largest absolute Gasteiger partial charge is 0.466 e. The zero-order valence-electron chi connectivity index (χ0n) is 10.8. The molecule has 0 bridgehead atoms.